The van der Waals surface area contributed by atoms with Gasteiger partial charge in [-0.25, -0.2) is 0 Å². The van der Waals surface area contributed by atoms with Crippen molar-refractivity contribution in [2.45, 2.75) is 158 Å². The predicted molar refractivity (Wildman–Crippen MR) is 226 cm³/mol. The van der Waals surface area contributed by atoms with Crippen LogP contribution >= 0.6 is 0 Å². The largest absolute Gasteiger partial charge is 0.481 e. The molecule has 59 heavy (non-hydrogen) atoms. The highest BCUT2D eigenvalue weighted by molar-refractivity contribution is 6.01. The van der Waals surface area contributed by atoms with Crippen molar-refractivity contribution >= 4 is 29.5 Å². The highest BCUT2D eigenvalue weighted by Crippen LogP contribution is 2.77. The van der Waals surface area contributed by atoms with Gasteiger partial charge in [0.05, 0.1) is 17.4 Å². The molecule has 0 saturated heterocycles. The van der Waals surface area contributed by atoms with Gasteiger partial charge in [-0.2, -0.15) is 0 Å². The number of pyridine rings is 1. The van der Waals surface area contributed by atoms with Gasteiger partial charge in [-0.3, -0.25) is 29.0 Å². The summed E-state index contributed by atoms with van der Waals surface area (Å²) in [5.74, 6) is -1.05. The lowest BCUT2D eigenvalue weighted by atomic mass is 9.33. The topological polar surface area (TPSA) is 152 Å². The molecule has 1 aromatic rings. The molecule has 6 aliphatic rings. The number of amides is 2. The van der Waals surface area contributed by atoms with Crippen LogP contribution in [0.1, 0.15) is 157 Å². The molecule has 0 aromatic carbocycles. The lowest BCUT2D eigenvalue weighted by Crippen LogP contribution is -2.66. The number of rotatable bonds is 10. The summed E-state index contributed by atoms with van der Waals surface area (Å²) in [6, 6.07) is 5.20. The monoisotopic (exact) mass is 814 g/mol. The second-order valence-corrected chi connectivity index (χ2v) is 22.8. The van der Waals surface area contributed by atoms with Crippen LogP contribution in [-0.2, 0) is 23.9 Å². The zero-order chi connectivity index (χ0) is 43.3. The maximum Gasteiger partial charge on any atom is 0.309 e. The fourth-order valence-electron chi connectivity index (χ4n) is 14.7. The second-order valence-electron chi connectivity index (χ2n) is 22.8. The van der Waals surface area contributed by atoms with Crippen molar-refractivity contribution in [1.82, 2.24) is 15.6 Å². The smallest absolute Gasteiger partial charge is 0.309 e. The highest BCUT2D eigenvalue weighted by atomic mass is 16.5. The number of carbonyl (C=O) groups is 5. The zero-order valence-electron chi connectivity index (χ0n) is 37.7. The number of ether oxygens (including phenoxy) is 1. The number of aromatic nitrogens is 1. The minimum Gasteiger partial charge on any atom is -0.481 e. The summed E-state index contributed by atoms with van der Waals surface area (Å²) in [6.07, 6.45) is 10.1. The standard InChI is InChI=1S/C49H71N3O7/c1-28(2)38-33(53)25-49(26-37(54)51-27-43(3,4)52-40(55)32-14-12-13-23-50-32)22-21-47(10)29(39(38)49)15-16-35-46(9)19-18-36(45(7,8)34(46)17-20-48(35,47)11)59-42(58)31-24-30(41(56)57)44(31,5)6/h12-14,23,28-31,34-36H,15-22,24-27H2,1-11H3,(H,51,54)(H,52,55)(H,56,57)/t29-,30+,31-,34+,35-,36+,46+,47-,48-,49+/m1/s1. The van der Waals surface area contributed by atoms with Gasteiger partial charge in [0.2, 0.25) is 5.91 Å². The number of aliphatic carboxylic acids is 1. The third-order valence-electron chi connectivity index (χ3n) is 18.2. The number of carboxylic acids is 1. The molecule has 0 spiro atoms. The van der Waals surface area contributed by atoms with Crippen molar-refractivity contribution in [3.05, 3.63) is 41.2 Å². The minimum absolute atomic E-state index is 0.0214. The van der Waals surface area contributed by atoms with Crippen LogP contribution in [0.4, 0.5) is 0 Å². The fourth-order valence-corrected chi connectivity index (χ4v) is 14.7. The van der Waals surface area contributed by atoms with E-state index in [1.54, 1.807) is 24.4 Å². The molecule has 0 aliphatic heterocycles. The third kappa shape index (κ3) is 6.79. The van der Waals surface area contributed by atoms with Crippen molar-refractivity contribution in [3.8, 4) is 0 Å². The molecule has 3 N–H and O–H groups in total. The number of carbonyl (C=O) groups excluding carboxylic acids is 4. The van der Waals surface area contributed by atoms with E-state index < -0.39 is 34.2 Å². The summed E-state index contributed by atoms with van der Waals surface area (Å²) in [7, 11) is 0. The minimum atomic E-state index is -0.840. The van der Waals surface area contributed by atoms with E-state index in [2.05, 4.69) is 64.1 Å². The van der Waals surface area contributed by atoms with Crippen LogP contribution in [-0.4, -0.2) is 57.8 Å². The molecule has 0 unspecified atom stereocenters. The fraction of sp³-hybridized carbons (Fsp3) is 0.755. The van der Waals surface area contributed by atoms with Gasteiger partial charge in [0.15, 0.2) is 5.78 Å². The van der Waals surface area contributed by atoms with Gasteiger partial charge >= 0.3 is 11.9 Å². The van der Waals surface area contributed by atoms with Crippen LogP contribution in [0.2, 0.25) is 0 Å². The van der Waals surface area contributed by atoms with Gasteiger partial charge < -0.3 is 20.5 Å². The van der Waals surface area contributed by atoms with Gasteiger partial charge in [-0.15, -0.1) is 0 Å². The number of nitrogens with zero attached hydrogens (tertiary/aromatic N) is 1. The molecule has 5 saturated carbocycles. The number of esters is 1. The molecule has 1 heterocycles. The van der Waals surface area contributed by atoms with Gasteiger partial charge in [0.25, 0.3) is 5.91 Å². The number of allylic oxidation sites excluding steroid dienone is 2. The van der Waals surface area contributed by atoms with Crippen LogP contribution < -0.4 is 10.6 Å². The van der Waals surface area contributed by atoms with Gasteiger partial charge in [-0.05, 0) is 135 Å². The van der Waals surface area contributed by atoms with Crippen LogP contribution in [0.15, 0.2) is 35.5 Å². The van der Waals surface area contributed by atoms with E-state index in [1.807, 2.05) is 27.7 Å². The first-order chi connectivity index (χ1) is 27.3. The Kier molecular flexibility index (Phi) is 10.7. The number of ketones is 1. The number of hydrogen-bond donors (Lipinski definition) is 3. The maximum absolute atomic E-state index is 14.1. The maximum atomic E-state index is 14.1. The molecule has 2 amide bonds. The van der Waals surface area contributed by atoms with Gasteiger partial charge in [0, 0.05) is 36.4 Å². The number of hydrogen-bond acceptors (Lipinski definition) is 7. The van der Waals surface area contributed by atoms with Crippen molar-refractivity contribution < 1.29 is 33.8 Å². The van der Waals surface area contributed by atoms with E-state index in [-0.39, 0.29) is 76.1 Å². The Morgan fingerprint density at radius 1 is 0.881 bits per heavy atom. The summed E-state index contributed by atoms with van der Waals surface area (Å²) >= 11 is 0. The van der Waals surface area contributed by atoms with E-state index in [4.69, 9.17) is 4.74 Å². The Bertz CT molecular complexity index is 1930. The summed E-state index contributed by atoms with van der Waals surface area (Å²) in [6.45, 7) is 24.3. The molecule has 10 heteroatoms. The van der Waals surface area contributed by atoms with Gasteiger partial charge in [0.1, 0.15) is 11.8 Å². The summed E-state index contributed by atoms with van der Waals surface area (Å²) < 4.78 is 6.42. The summed E-state index contributed by atoms with van der Waals surface area (Å²) in [5, 5.41) is 15.8. The molecule has 7 rings (SSSR count). The molecule has 6 aliphatic carbocycles. The molecule has 0 bridgehead atoms. The Labute approximate surface area is 352 Å². The first-order valence-electron chi connectivity index (χ1n) is 22.6. The first-order valence-corrected chi connectivity index (χ1v) is 22.6. The number of nitrogens with one attached hydrogen (secondary N) is 2. The molecular formula is C49H71N3O7. The summed E-state index contributed by atoms with van der Waals surface area (Å²) in [4.78, 5) is 70.7. The van der Waals surface area contributed by atoms with Crippen LogP contribution in [0.25, 0.3) is 0 Å². The van der Waals surface area contributed by atoms with E-state index in [0.29, 0.717) is 30.4 Å². The van der Waals surface area contributed by atoms with E-state index >= 15 is 0 Å². The average Bonchev–Trinajstić information content (AvgIpc) is 3.43. The van der Waals surface area contributed by atoms with Crippen molar-refractivity contribution in [2.75, 3.05) is 6.54 Å². The third-order valence-corrected chi connectivity index (χ3v) is 18.2. The van der Waals surface area contributed by atoms with E-state index in [1.165, 1.54) is 5.57 Å². The number of fused-ring (bicyclic) bond motifs is 7. The molecule has 5 fully saturated rings. The second kappa shape index (κ2) is 14.5. The Morgan fingerprint density at radius 2 is 1.59 bits per heavy atom. The van der Waals surface area contributed by atoms with Crippen molar-refractivity contribution in [1.29, 1.82) is 0 Å². The van der Waals surface area contributed by atoms with Gasteiger partial charge in [-0.1, -0.05) is 74.0 Å². The lowest BCUT2D eigenvalue weighted by Gasteiger charge is -2.72. The SMILES string of the molecule is CC(C)C1=C2[C@H]3CC[C@@H]4[C@@]5(C)CC[C@H](OC(=O)[C@H]6C[C@@H](C(=O)O)C6(C)C)C(C)(C)[C@@H]5CC[C@@]4(C)[C@]3(C)CC[C@@]2(CC(=O)NCC(C)(C)NC(=O)c2ccccn2)CC1=O. The first kappa shape index (κ1) is 43.5. The lowest BCUT2D eigenvalue weighted by molar-refractivity contribution is -0.236. The molecule has 1 aromatic heterocycles. The molecule has 324 valence electrons. The molecule has 0 radical (unpaired) electrons. The van der Waals surface area contributed by atoms with E-state index in [9.17, 15) is 29.1 Å². The summed E-state index contributed by atoms with van der Waals surface area (Å²) in [5.41, 5.74) is 0.511. The quantitative estimate of drug-likeness (QED) is 0.199. The molecule has 10 atom stereocenters. The molecule has 10 nitrogen and oxygen atoms in total. The molecular weight excluding hydrogens is 743 g/mol. The van der Waals surface area contributed by atoms with Crippen LogP contribution in [0, 0.1) is 68.0 Å². The average molecular weight is 814 g/mol. The highest BCUT2D eigenvalue weighted by Gasteiger charge is 2.70. The normalized spacial score (nSPS) is 38.2. The van der Waals surface area contributed by atoms with Crippen LogP contribution in [0.5, 0.6) is 0 Å². The Morgan fingerprint density at radius 3 is 2.22 bits per heavy atom. The predicted octanol–water partition coefficient (Wildman–Crippen LogP) is 8.74. The number of carboxylic acid groups (broad SMARTS) is 1. The van der Waals surface area contributed by atoms with E-state index in [0.717, 1.165) is 56.9 Å². The Balaban J connectivity index is 1.09. The van der Waals surface area contributed by atoms with Crippen molar-refractivity contribution in [3.63, 3.8) is 0 Å². The Hall–Kier alpha value is -3.56. The van der Waals surface area contributed by atoms with Crippen LogP contribution in [0.3, 0.4) is 0 Å². The van der Waals surface area contributed by atoms with Crippen molar-refractivity contribution in [2.24, 2.45) is 68.0 Å². The zero-order valence-corrected chi connectivity index (χ0v) is 37.7. The number of Topliss-reactive ketones (excluding diaryl/α,β-unsaturated/α-hetero) is 1.